The number of sulfonamides is 1. The Morgan fingerprint density at radius 1 is 1.19 bits per heavy atom. The van der Waals surface area contributed by atoms with Crippen LogP contribution in [0.3, 0.4) is 0 Å². The van der Waals surface area contributed by atoms with Crippen molar-refractivity contribution in [2.24, 2.45) is 4.99 Å². The Kier molecular flexibility index (Phi) is 7.84. The van der Waals surface area contributed by atoms with Crippen LogP contribution < -0.4 is 15.4 Å². The molecule has 3 N–H and O–H groups in total. The van der Waals surface area contributed by atoms with Crippen molar-refractivity contribution in [1.82, 2.24) is 20.3 Å². The molecule has 0 spiro atoms. The minimum atomic E-state index is -3.52. The molecule has 0 aromatic carbocycles. The van der Waals surface area contributed by atoms with Crippen LogP contribution in [0.4, 0.5) is 0 Å². The molecule has 2 heterocycles. The molecule has 2 rings (SSSR count). The number of hydrogen-bond donors (Lipinski definition) is 3. The minimum absolute atomic E-state index is 0.207. The van der Waals surface area contributed by atoms with E-state index in [0.717, 1.165) is 28.5 Å². The van der Waals surface area contributed by atoms with Gasteiger partial charge in [0.1, 0.15) is 4.21 Å². The van der Waals surface area contributed by atoms with Gasteiger partial charge >= 0.3 is 0 Å². The van der Waals surface area contributed by atoms with Crippen LogP contribution in [0.1, 0.15) is 15.6 Å². The standard InChI is InChI=1S/C15H22ClN5O2S3/c1-10-11(2)24-13(21-10)6-7-18-15(17-3)19-8-9-20-26(22,23)14-5-4-12(16)25-14/h4-5,20H,6-9H2,1-3H3,(H2,17,18,19). The monoisotopic (exact) mass is 435 g/mol. The summed E-state index contributed by atoms with van der Waals surface area (Å²) >= 11 is 8.51. The van der Waals surface area contributed by atoms with E-state index in [9.17, 15) is 8.42 Å². The summed E-state index contributed by atoms with van der Waals surface area (Å²) in [6.07, 6.45) is 0.811. The second kappa shape index (κ2) is 9.65. The molecule has 144 valence electrons. The normalized spacial score (nSPS) is 12.4. The van der Waals surface area contributed by atoms with Crippen molar-refractivity contribution in [3.05, 3.63) is 32.0 Å². The zero-order valence-corrected chi connectivity index (χ0v) is 18.0. The number of aliphatic imine (C=N–C) groups is 1. The van der Waals surface area contributed by atoms with Gasteiger partial charge in [0.15, 0.2) is 5.96 Å². The molecule has 0 aliphatic carbocycles. The molecule has 0 radical (unpaired) electrons. The average Bonchev–Trinajstić information content (AvgIpc) is 3.16. The van der Waals surface area contributed by atoms with E-state index in [1.165, 1.54) is 10.9 Å². The molecule has 0 fully saturated rings. The third-order valence-electron chi connectivity index (χ3n) is 3.45. The van der Waals surface area contributed by atoms with Crippen LogP contribution in [0.5, 0.6) is 0 Å². The highest BCUT2D eigenvalue weighted by atomic mass is 35.5. The minimum Gasteiger partial charge on any atom is -0.356 e. The van der Waals surface area contributed by atoms with Crippen LogP contribution in [0, 0.1) is 13.8 Å². The molecule has 11 heteroatoms. The van der Waals surface area contributed by atoms with Gasteiger partial charge in [-0.1, -0.05) is 11.6 Å². The topological polar surface area (TPSA) is 95.5 Å². The van der Waals surface area contributed by atoms with Gasteiger partial charge in [-0.15, -0.1) is 22.7 Å². The maximum atomic E-state index is 12.1. The Bertz CT molecular complexity index is 841. The van der Waals surface area contributed by atoms with Gasteiger partial charge in [-0.25, -0.2) is 18.1 Å². The highest BCUT2D eigenvalue weighted by Crippen LogP contribution is 2.25. The molecule has 0 aliphatic rings. The molecule has 0 unspecified atom stereocenters. The highest BCUT2D eigenvalue weighted by molar-refractivity contribution is 7.91. The smallest absolute Gasteiger partial charge is 0.250 e. The largest absolute Gasteiger partial charge is 0.356 e. The van der Waals surface area contributed by atoms with Crippen molar-refractivity contribution in [3.8, 4) is 0 Å². The van der Waals surface area contributed by atoms with E-state index >= 15 is 0 Å². The number of rotatable bonds is 8. The lowest BCUT2D eigenvalue weighted by molar-refractivity contribution is 0.582. The number of thiazole rings is 1. The lowest BCUT2D eigenvalue weighted by atomic mass is 10.4. The number of guanidine groups is 1. The summed E-state index contributed by atoms with van der Waals surface area (Å²) < 4.78 is 27.3. The van der Waals surface area contributed by atoms with Gasteiger partial charge < -0.3 is 10.6 Å². The maximum absolute atomic E-state index is 12.1. The molecule has 0 bridgehead atoms. The van der Waals surface area contributed by atoms with Gasteiger partial charge in [0, 0.05) is 38.0 Å². The number of nitrogens with one attached hydrogen (secondary N) is 3. The van der Waals surface area contributed by atoms with Gasteiger partial charge in [-0.2, -0.15) is 0 Å². The van der Waals surface area contributed by atoms with Crippen LogP contribution in [0.25, 0.3) is 0 Å². The summed E-state index contributed by atoms with van der Waals surface area (Å²) in [5.41, 5.74) is 1.08. The van der Waals surface area contributed by atoms with Crippen LogP contribution in [-0.4, -0.2) is 46.0 Å². The SMILES string of the molecule is CN=C(NCCNS(=O)(=O)c1ccc(Cl)s1)NCCc1nc(C)c(C)s1. The number of nitrogens with zero attached hydrogens (tertiary/aromatic N) is 2. The molecular weight excluding hydrogens is 414 g/mol. The summed E-state index contributed by atoms with van der Waals surface area (Å²) in [6, 6.07) is 3.06. The van der Waals surface area contributed by atoms with Crippen molar-refractivity contribution in [3.63, 3.8) is 0 Å². The molecule has 26 heavy (non-hydrogen) atoms. The maximum Gasteiger partial charge on any atom is 0.250 e. The first-order valence-electron chi connectivity index (χ1n) is 7.94. The van der Waals surface area contributed by atoms with Gasteiger partial charge in [-0.05, 0) is 26.0 Å². The molecule has 0 aliphatic heterocycles. The van der Waals surface area contributed by atoms with Crippen molar-refractivity contribution in [2.75, 3.05) is 26.7 Å². The average molecular weight is 436 g/mol. The first-order chi connectivity index (χ1) is 12.3. The van der Waals surface area contributed by atoms with Crippen molar-refractivity contribution < 1.29 is 8.42 Å². The number of halogens is 1. The Morgan fingerprint density at radius 3 is 2.50 bits per heavy atom. The van der Waals surface area contributed by atoms with Gasteiger partial charge in [0.2, 0.25) is 10.0 Å². The van der Waals surface area contributed by atoms with Crippen LogP contribution in [0.15, 0.2) is 21.3 Å². The summed E-state index contributed by atoms with van der Waals surface area (Å²) in [6.45, 7) is 5.42. The number of hydrogen-bond acceptors (Lipinski definition) is 6. The number of aryl methyl sites for hydroxylation is 2. The third-order valence-corrected chi connectivity index (χ3v) is 7.77. The summed E-state index contributed by atoms with van der Waals surface area (Å²) in [5.74, 6) is 0.619. The van der Waals surface area contributed by atoms with Crippen molar-refractivity contribution >= 4 is 50.3 Å². The fourth-order valence-corrected chi connectivity index (χ4v) is 5.53. The Labute approximate surface area is 167 Å². The fourth-order valence-electron chi connectivity index (χ4n) is 2.03. The Hall–Kier alpha value is -1.20. The molecule has 0 atom stereocenters. The first kappa shape index (κ1) is 21.1. The molecule has 2 aromatic heterocycles. The number of thiophene rings is 1. The van der Waals surface area contributed by atoms with E-state index in [-0.39, 0.29) is 10.8 Å². The molecule has 0 amide bonds. The predicted octanol–water partition coefficient (Wildman–Crippen LogP) is 2.16. The van der Waals surface area contributed by atoms with Crippen molar-refractivity contribution in [2.45, 2.75) is 24.5 Å². The van der Waals surface area contributed by atoms with Gasteiger partial charge in [0.25, 0.3) is 0 Å². The van der Waals surface area contributed by atoms with Crippen molar-refractivity contribution in [1.29, 1.82) is 0 Å². The molecule has 2 aromatic rings. The van der Waals surface area contributed by atoms with E-state index in [1.807, 2.05) is 6.92 Å². The summed E-state index contributed by atoms with van der Waals surface area (Å²) in [7, 11) is -1.85. The van der Waals surface area contributed by atoms with Gasteiger partial charge in [0.05, 0.1) is 15.0 Å². The zero-order valence-electron chi connectivity index (χ0n) is 14.8. The molecular formula is C15H22ClN5O2S3. The van der Waals surface area contributed by atoms with Crippen LogP contribution >= 0.6 is 34.3 Å². The quantitative estimate of drug-likeness (QED) is 0.335. The molecule has 0 saturated heterocycles. The lowest BCUT2D eigenvalue weighted by Crippen LogP contribution is -2.42. The first-order valence-corrected chi connectivity index (χ1v) is 11.4. The van der Waals surface area contributed by atoms with E-state index in [1.54, 1.807) is 24.5 Å². The summed E-state index contributed by atoms with van der Waals surface area (Å²) in [4.78, 5) is 9.86. The van der Waals surface area contributed by atoms with E-state index in [4.69, 9.17) is 11.6 Å². The zero-order chi connectivity index (χ0) is 19.2. The summed E-state index contributed by atoms with van der Waals surface area (Å²) in [5, 5.41) is 7.35. The Morgan fingerprint density at radius 2 is 1.92 bits per heavy atom. The van der Waals surface area contributed by atoms with E-state index < -0.39 is 10.0 Å². The highest BCUT2D eigenvalue weighted by Gasteiger charge is 2.15. The van der Waals surface area contributed by atoms with Crippen LogP contribution in [-0.2, 0) is 16.4 Å². The van der Waals surface area contributed by atoms with E-state index in [2.05, 4.69) is 32.3 Å². The second-order valence-electron chi connectivity index (χ2n) is 5.38. The van der Waals surface area contributed by atoms with Crippen LogP contribution in [0.2, 0.25) is 4.34 Å². The lowest BCUT2D eigenvalue weighted by Gasteiger charge is -2.11. The fraction of sp³-hybridized carbons (Fsp3) is 0.467. The second-order valence-corrected chi connectivity index (χ2v) is 10.4. The number of aromatic nitrogens is 1. The predicted molar refractivity (Wildman–Crippen MR) is 109 cm³/mol. The molecule has 7 nitrogen and oxygen atoms in total. The van der Waals surface area contributed by atoms with Gasteiger partial charge in [-0.3, -0.25) is 4.99 Å². The molecule has 0 saturated carbocycles. The third kappa shape index (κ3) is 6.20. The Balaban J connectivity index is 1.70. The van der Waals surface area contributed by atoms with E-state index in [0.29, 0.717) is 23.4 Å².